The second-order valence-electron chi connectivity index (χ2n) is 8.90. The zero-order valence-corrected chi connectivity index (χ0v) is 21.7. The summed E-state index contributed by atoms with van der Waals surface area (Å²) < 4.78 is 15.4. The monoisotopic (exact) mass is 499 g/mol. The fourth-order valence-corrected chi connectivity index (χ4v) is 4.59. The van der Waals surface area contributed by atoms with Gasteiger partial charge in [-0.15, -0.1) is 0 Å². The van der Waals surface area contributed by atoms with Crippen LogP contribution in [0.15, 0.2) is 47.3 Å². The number of nitrogens with zero attached hydrogens (tertiary/aromatic N) is 3. The third-order valence-electron chi connectivity index (χ3n) is 6.34. The number of para-hydroxylation sites is 1. The number of fused-ring (bicyclic) bond motifs is 1. The van der Waals surface area contributed by atoms with Crippen LogP contribution < -0.4 is 5.56 Å². The minimum absolute atomic E-state index is 0.0728. The fraction of sp³-hybridized carbons (Fsp3) is 0.464. The summed E-state index contributed by atoms with van der Waals surface area (Å²) in [4.78, 5) is 33.9. The number of aromatic nitrogens is 2. The highest BCUT2D eigenvalue weighted by atomic mass is 35.5. The minimum Gasteiger partial charge on any atom is -0.333 e. The molecule has 2 aromatic carbocycles. The van der Waals surface area contributed by atoms with Crippen LogP contribution in [0.25, 0.3) is 16.6 Å². The Labute approximate surface area is 211 Å². The van der Waals surface area contributed by atoms with Crippen LogP contribution in [0, 0.1) is 5.82 Å². The summed E-state index contributed by atoms with van der Waals surface area (Å²) in [5, 5.41) is 0.383. The molecular weight excluding hydrogens is 465 g/mol. The van der Waals surface area contributed by atoms with Gasteiger partial charge in [0.15, 0.2) is 0 Å². The summed E-state index contributed by atoms with van der Waals surface area (Å²) in [5.41, 5.74) is 0.734. The Balaban J connectivity index is 2.16. The first-order valence-electron chi connectivity index (χ1n) is 12.7. The van der Waals surface area contributed by atoms with Gasteiger partial charge in [-0.1, -0.05) is 70.2 Å². The van der Waals surface area contributed by atoms with Gasteiger partial charge in [0.2, 0.25) is 5.91 Å². The average molecular weight is 500 g/mol. The van der Waals surface area contributed by atoms with Crippen LogP contribution in [0.2, 0.25) is 5.02 Å². The zero-order valence-electron chi connectivity index (χ0n) is 20.9. The van der Waals surface area contributed by atoms with E-state index >= 15 is 0 Å². The molecular formula is C28H35ClFN3O2. The molecule has 1 unspecified atom stereocenters. The first kappa shape index (κ1) is 26.9. The summed E-state index contributed by atoms with van der Waals surface area (Å²) in [6.45, 7) is 6.83. The highest BCUT2D eigenvalue weighted by Crippen LogP contribution is 2.28. The minimum atomic E-state index is -0.558. The van der Waals surface area contributed by atoms with Crippen LogP contribution >= 0.6 is 11.6 Å². The van der Waals surface area contributed by atoms with Gasteiger partial charge in [-0.3, -0.25) is 14.2 Å². The molecule has 0 radical (unpaired) electrons. The van der Waals surface area contributed by atoms with Gasteiger partial charge in [0.25, 0.3) is 5.56 Å². The molecule has 3 aromatic rings. The maximum Gasteiger partial charge on any atom is 0.266 e. The maximum absolute atomic E-state index is 14.0. The molecule has 1 aromatic heterocycles. The zero-order chi connectivity index (χ0) is 25.4. The molecule has 0 fully saturated rings. The summed E-state index contributed by atoms with van der Waals surface area (Å²) in [5.74, 6) is -0.0120. The lowest BCUT2D eigenvalue weighted by Gasteiger charge is -2.32. The van der Waals surface area contributed by atoms with Crippen LogP contribution in [-0.2, 0) is 4.79 Å². The molecule has 5 nitrogen and oxygen atoms in total. The van der Waals surface area contributed by atoms with Gasteiger partial charge in [-0.05, 0) is 49.6 Å². The Morgan fingerprint density at radius 1 is 1.06 bits per heavy atom. The Hall–Kier alpha value is -2.73. The van der Waals surface area contributed by atoms with E-state index in [-0.39, 0.29) is 16.5 Å². The smallest absolute Gasteiger partial charge is 0.266 e. The summed E-state index contributed by atoms with van der Waals surface area (Å²) in [7, 11) is 0. The van der Waals surface area contributed by atoms with E-state index in [4.69, 9.17) is 16.6 Å². The lowest BCUT2D eigenvalue weighted by atomic mass is 10.1. The lowest BCUT2D eigenvalue weighted by molar-refractivity contribution is -0.134. The Morgan fingerprint density at radius 2 is 1.80 bits per heavy atom. The standard InChI is InChI=1S/C28H35ClFN3O2/c1-4-7-9-10-15-26(34)32(18-8-5-2)25(6-3)27-31-24-14-12-11-13-21(24)28(35)33(27)20-16-17-23(30)22(29)19-20/h11-14,16-17,19,25H,4-10,15,18H2,1-3H3. The second kappa shape index (κ2) is 12.8. The molecule has 0 aliphatic heterocycles. The molecule has 0 saturated heterocycles. The van der Waals surface area contributed by atoms with Gasteiger partial charge in [0.1, 0.15) is 11.6 Å². The Kier molecular flexibility index (Phi) is 9.84. The summed E-state index contributed by atoms with van der Waals surface area (Å²) in [6, 6.07) is 11.0. The topological polar surface area (TPSA) is 55.2 Å². The average Bonchev–Trinajstić information content (AvgIpc) is 2.86. The molecule has 0 saturated carbocycles. The van der Waals surface area contributed by atoms with Crippen LogP contribution in [0.5, 0.6) is 0 Å². The Bertz CT molecular complexity index is 1210. The van der Waals surface area contributed by atoms with E-state index in [0.717, 1.165) is 38.5 Å². The third kappa shape index (κ3) is 6.29. The molecule has 0 aliphatic rings. The van der Waals surface area contributed by atoms with Crippen molar-refractivity contribution in [3.63, 3.8) is 0 Å². The van der Waals surface area contributed by atoms with Crippen molar-refractivity contribution < 1.29 is 9.18 Å². The van der Waals surface area contributed by atoms with Gasteiger partial charge in [-0.25, -0.2) is 9.37 Å². The van der Waals surface area contributed by atoms with Crippen molar-refractivity contribution in [3.8, 4) is 5.69 Å². The highest BCUT2D eigenvalue weighted by molar-refractivity contribution is 6.30. The largest absolute Gasteiger partial charge is 0.333 e. The van der Waals surface area contributed by atoms with Crippen molar-refractivity contribution >= 4 is 28.4 Å². The van der Waals surface area contributed by atoms with Crippen molar-refractivity contribution in [2.45, 2.75) is 78.2 Å². The molecule has 3 rings (SSSR count). The number of carbonyl (C=O) groups excluding carboxylic acids is 1. The quantitative estimate of drug-likeness (QED) is 0.247. The van der Waals surface area contributed by atoms with Crippen molar-refractivity contribution in [2.75, 3.05) is 6.54 Å². The number of rotatable bonds is 12. The molecule has 0 N–H and O–H groups in total. The van der Waals surface area contributed by atoms with Gasteiger partial charge in [0.05, 0.1) is 27.7 Å². The predicted octanol–water partition coefficient (Wildman–Crippen LogP) is 7.23. The van der Waals surface area contributed by atoms with E-state index < -0.39 is 11.9 Å². The van der Waals surface area contributed by atoms with Crippen molar-refractivity contribution in [3.05, 3.63) is 69.5 Å². The summed E-state index contributed by atoms with van der Waals surface area (Å²) >= 11 is 6.09. The van der Waals surface area contributed by atoms with E-state index in [1.54, 1.807) is 18.2 Å². The van der Waals surface area contributed by atoms with E-state index in [1.807, 2.05) is 17.9 Å². The van der Waals surface area contributed by atoms with E-state index in [1.165, 1.54) is 22.8 Å². The second-order valence-corrected chi connectivity index (χ2v) is 9.31. The highest BCUT2D eigenvalue weighted by Gasteiger charge is 2.28. The summed E-state index contributed by atoms with van der Waals surface area (Å²) in [6.07, 6.45) is 6.95. The molecule has 7 heteroatoms. The van der Waals surface area contributed by atoms with Gasteiger partial charge >= 0.3 is 0 Å². The number of hydrogen-bond acceptors (Lipinski definition) is 3. The first-order valence-corrected chi connectivity index (χ1v) is 13.1. The Morgan fingerprint density at radius 3 is 2.49 bits per heavy atom. The number of hydrogen-bond donors (Lipinski definition) is 0. The number of carbonyl (C=O) groups is 1. The van der Waals surface area contributed by atoms with Crippen molar-refractivity contribution in [2.24, 2.45) is 0 Å². The fourth-order valence-electron chi connectivity index (χ4n) is 4.42. The van der Waals surface area contributed by atoms with Gasteiger partial charge in [0, 0.05) is 13.0 Å². The van der Waals surface area contributed by atoms with Gasteiger partial charge in [-0.2, -0.15) is 0 Å². The predicted molar refractivity (Wildman–Crippen MR) is 141 cm³/mol. The number of benzene rings is 2. The third-order valence-corrected chi connectivity index (χ3v) is 6.63. The lowest BCUT2D eigenvalue weighted by Crippen LogP contribution is -2.39. The van der Waals surface area contributed by atoms with Crippen molar-refractivity contribution in [1.82, 2.24) is 14.5 Å². The first-order chi connectivity index (χ1) is 16.9. The molecule has 1 amide bonds. The molecule has 188 valence electrons. The molecule has 0 spiro atoms. The molecule has 0 aliphatic carbocycles. The van der Waals surface area contributed by atoms with Crippen LogP contribution in [0.1, 0.15) is 84.0 Å². The molecule has 0 bridgehead atoms. The van der Waals surface area contributed by atoms with E-state index in [2.05, 4.69) is 13.8 Å². The van der Waals surface area contributed by atoms with E-state index in [0.29, 0.717) is 41.8 Å². The van der Waals surface area contributed by atoms with Gasteiger partial charge < -0.3 is 4.90 Å². The normalized spacial score (nSPS) is 12.1. The van der Waals surface area contributed by atoms with E-state index in [9.17, 15) is 14.0 Å². The SMILES string of the molecule is CCCCCCC(=O)N(CCCC)C(CC)c1nc2ccccc2c(=O)n1-c1ccc(F)c(Cl)c1. The number of amides is 1. The van der Waals surface area contributed by atoms with Crippen LogP contribution in [0.4, 0.5) is 4.39 Å². The molecule has 1 heterocycles. The molecule has 1 atom stereocenters. The van der Waals surface area contributed by atoms with Crippen LogP contribution in [0.3, 0.4) is 0 Å². The van der Waals surface area contributed by atoms with Crippen molar-refractivity contribution in [1.29, 1.82) is 0 Å². The molecule has 35 heavy (non-hydrogen) atoms. The maximum atomic E-state index is 14.0. The number of halogens is 2. The van der Waals surface area contributed by atoms with Crippen LogP contribution in [-0.4, -0.2) is 26.9 Å². The number of unbranched alkanes of at least 4 members (excludes halogenated alkanes) is 4.